The van der Waals surface area contributed by atoms with E-state index in [0.717, 1.165) is 16.8 Å². The molecule has 1 heterocycles. The maximum absolute atomic E-state index is 13.6. The number of carbonyl (C=O) groups is 1. The van der Waals surface area contributed by atoms with Crippen LogP contribution in [0.4, 0.5) is 5.69 Å². The van der Waals surface area contributed by atoms with Crippen molar-refractivity contribution in [1.82, 2.24) is 4.98 Å². The Kier molecular flexibility index (Phi) is 9.16. The van der Waals surface area contributed by atoms with Gasteiger partial charge in [0, 0.05) is 23.5 Å². The molecule has 0 radical (unpaired) electrons. The molecular weight excluding hydrogens is 502 g/mol. The van der Waals surface area contributed by atoms with E-state index in [0.29, 0.717) is 17.1 Å². The van der Waals surface area contributed by atoms with Gasteiger partial charge in [0.1, 0.15) is 23.3 Å². The van der Waals surface area contributed by atoms with E-state index in [2.05, 4.69) is 71.0 Å². The summed E-state index contributed by atoms with van der Waals surface area (Å²) in [4.78, 5) is 17.6. The molecule has 1 amide bonds. The zero-order valence-corrected chi connectivity index (χ0v) is 25.3. The number of hydrogen-bond acceptors (Lipinski definition) is 5. The molecule has 1 N–H and O–H groups in total. The summed E-state index contributed by atoms with van der Waals surface area (Å²) in [5.41, 5.74) is 3.45. The predicted molar refractivity (Wildman–Crippen MR) is 160 cm³/mol. The van der Waals surface area contributed by atoms with Crippen molar-refractivity contribution in [3.8, 4) is 17.6 Å². The molecule has 0 unspecified atom stereocenters. The standard InChI is InChI=1S/C32H39N3O3Si/c1-31(2,3)25-12-10-13-26(19-25)35-30(36)24(22-37-39(7,8)32(4,5)6)17-23-11-9-14-28(18-23)38-29-15-16-34-27(20-29)21-33/h9-20H,22H2,1-8H3,(H,35,36). The number of rotatable bonds is 8. The van der Waals surface area contributed by atoms with Gasteiger partial charge in [-0.15, -0.1) is 0 Å². The van der Waals surface area contributed by atoms with E-state index in [9.17, 15) is 4.79 Å². The molecule has 0 saturated heterocycles. The maximum Gasteiger partial charge on any atom is 0.253 e. The van der Waals surface area contributed by atoms with Gasteiger partial charge in [0.2, 0.25) is 0 Å². The lowest BCUT2D eigenvalue weighted by atomic mass is 9.87. The summed E-state index contributed by atoms with van der Waals surface area (Å²) < 4.78 is 12.4. The molecule has 6 nitrogen and oxygen atoms in total. The fraction of sp³-hybridized carbons (Fsp3) is 0.344. The van der Waals surface area contributed by atoms with Gasteiger partial charge in [0.15, 0.2) is 8.32 Å². The minimum Gasteiger partial charge on any atom is -0.457 e. The third-order valence-electron chi connectivity index (χ3n) is 6.95. The number of nitrogens with one attached hydrogen (secondary N) is 1. The molecule has 0 aliphatic rings. The fourth-order valence-electron chi connectivity index (χ4n) is 3.46. The minimum atomic E-state index is -2.11. The second-order valence-electron chi connectivity index (χ2n) is 12.2. The number of ether oxygens (including phenoxy) is 1. The van der Waals surface area contributed by atoms with Crippen LogP contribution in [-0.2, 0) is 14.6 Å². The molecule has 0 aliphatic carbocycles. The largest absolute Gasteiger partial charge is 0.457 e. The molecule has 0 aliphatic heterocycles. The van der Waals surface area contributed by atoms with E-state index in [1.807, 2.05) is 54.6 Å². The van der Waals surface area contributed by atoms with Crippen LogP contribution in [-0.4, -0.2) is 25.8 Å². The third kappa shape index (κ3) is 8.38. The number of amides is 1. The first-order valence-corrected chi connectivity index (χ1v) is 16.0. The van der Waals surface area contributed by atoms with Crippen molar-refractivity contribution in [2.75, 3.05) is 11.9 Å². The topological polar surface area (TPSA) is 84.2 Å². The molecule has 0 spiro atoms. The molecule has 3 rings (SSSR count). The summed E-state index contributed by atoms with van der Waals surface area (Å²) in [7, 11) is -2.11. The SMILES string of the molecule is CC(C)(C)c1cccc(NC(=O)C(=Cc2cccc(Oc3ccnc(C#N)c3)c2)CO[Si](C)(C)C(C)(C)C)c1. The zero-order valence-electron chi connectivity index (χ0n) is 24.3. The van der Waals surface area contributed by atoms with Crippen molar-refractivity contribution in [3.05, 3.63) is 89.3 Å². The summed E-state index contributed by atoms with van der Waals surface area (Å²) in [5, 5.41) is 12.2. The maximum atomic E-state index is 13.6. The van der Waals surface area contributed by atoms with Crippen LogP contribution in [0, 0.1) is 11.3 Å². The van der Waals surface area contributed by atoms with Crippen molar-refractivity contribution < 1.29 is 14.0 Å². The molecule has 0 fully saturated rings. The first-order valence-electron chi connectivity index (χ1n) is 13.1. The molecule has 0 atom stereocenters. The lowest BCUT2D eigenvalue weighted by Gasteiger charge is -2.36. The van der Waals surface area contributed by atoms with E-state index >= 15 is 0 Å². The number of anilines is 1. The number of hydrogen-bond donors (Lipinski definition) is 1. The minimum absolute atomic E-state index is 0.0101. The number of nitrogens with zero attached hydrogens (tertiary/aromatic N) is 2. The Bertz CT molecular complexity index is 1390. The normalized spacial score (nSPS) is 12.5. The zero-order chi connectivity index (χ0) is 28.8. The smallest absolute Gasteiger partial charge is 0.253 e. The van der Waals surface area contributed by atoms with Gasteiger partial charge in [-0.2, -0.15) is 5.26 Å². The molecule has 0 bridgehead atoms. The van der Waals surface area contributed by atoms with Crippen LogP contribution in [0.3, 0.4) is 0 Å². The molecule has 0 saturated carbocycles. The molecule has 2 aromatic carbocycles. The van der Waals surface area contributed by atoms with Gasteiger partial charge in [-0.25, -0.2) is 4.98 Å². The van der Waals surface area contributed by atoms with Gasteiger partial charge in [0.25, 0.3) is 5.91 Å². The highest BCUT2D eigenvalue weighted by atomic mass is 28.4. The van der Waals surface area contributed by atoms with Crippen molar-refractivity contribution in [2.24, 2.45) is 0 Å². The van der Waals surface area contributed by atoms with Crippen LogP contribution in [0.15, 0.2) is 72.4 Å². The third-order valence-corrected chi connectivity index (χ3v) is 11.4. The van der Waals surface area contributed by atoms with Crippen molar-refractivity contribution in [1.29, 1.82) is 5.26 Å². The summed E-state index contributed by atoms with van der Waals surface area (Å²) >= 11 is 0. The predicted octanol–water partition coefficient (Wildman–Crippen LogP) is 8.09. The number of benzene rings is 2. The fourth-order valence-corrected chi connectivity index (χ4v) is 4.41. The Balaban J connectivity index is 1.91. The average molecular weight is 542 g/mol. The van der Waals surface area contributed by atoms with Gasteiger partial charge in [-0.1, -0.05) is 65.8 Å². The average Bonchev–Trinajstić information content (AvgIpc) is 2.86. The number of carbonyl (C=O) groups excluding carboxylic acids is 1. The Morgan fingerprint density at radius 1 is 1.00 bits per heavy atom. The summed E-state index contributed by atoms with van der Waals surface area (Å²) in [5.74, 6) is 0.890. The Hall–Kier alpha value is -3.73. The highest BCUT2D eigenvalue weighted by molar-refractivity contribution is 6.74. The molecular formula is C32H39N3O3Si. The highest BCUT2D eigenvalue weighted by Crippen LogP contribution is 2.37. The van der Waals surface area contributed by atoms with E-state index in [1.54, 1.807) is 12.1 Å². The lowest BCUT2D eigenvalue weighted by Crippen LogP contribution is -2.41. The van der Waals surface area contributed by atoms with Gasteiger partial charge in [-0.3, -0.25) is 4.79 Å². The number of aromatic nitrogens is 1. The van der Waals surface area contributed by atoms with E-state index < -0.39 is 8.32 Å². The van der Waals surface area contributed by atoms with Crippen molar-refractivity contribution in [3.63, 3.8) is 0 Å². The summed E-state index contributed by atoms with van der Waals surface area (Å²) in [6.07, 6.45) is 3.38. The summed E-state index contributed by atoms with van der Waals surface area (Å²) in [6, 6.07) is 20.7. The van der Waals surface area contributed by atoms with Crippen LogP contribution in [0.25, 0.3) is 6.08 Å². The van der Waals surface area contributed by atoms with E-state index in [1.165, 1.54) is 6.20 Å². The second-order valence-corrected chi connectivity index (χ2v) is 17.0. The first-order chi connectivity index (χ1) is 18.2. The molecule has 1 aromatic heterocycles. The van der Waals surface area contributed by atoms with Gasteiger partial charge < -0.3 is 14.5 Å². The molecule has 3 aromatic rings. The Labute approximate surface area is 233 Å². The van der Waals surface area contributed by atoms with Crippen LogP contribution in [0.5, 0.6) is 11.5 Å². The number of nitriles is 1. The van der Waals surface area contributed by atoms with Gasteiger partial charge in [-0.05, 0) is 71.1 Å². The second kappa shape index (κ2) is 12.0. The summed E-state index contributed by atoms with van der Waals surface area (Å²) in [6.45, 7) is 17.5. The van der Waals surface area contributed by atoms with Crippen LogP contribution in [0.1, 0.15) is 58.4 Å². The quantitative estimate of drug-likeness (QED) is 0.230. The molecule has 39 heavy (non-hydrogen) atoms. The number of pyridine rings is 1. The van der Waals surface area contributed by atoms with Gasteiger partial charge in [0.05, 0.1) is 6.61 Å². The van der Waals surface area contributed by atoms with Crippen molar-refractivity contribution in [2.45, 2.75) is 65.1 Å². The van der Waals surface area contributed by atoms with E-state index in [4.69, 9.17) is 14.4 Å². The van der Waals surface area contributed by atoms with Crippen molar-refractivity contribution >= 4 is 26.0 Å². The first kappa shape index (κ1) is 29.8. The lowest BCUT2D eigenvalue weighted by molar-refractivity contribution is -0.113. The molecule has 7 heteroatoms. The van der Waals surface area contributed by atoms with E-state index in [-0.39, 0.29) is 28.7 Å². The Morgan fingerprint density at radius 3 is 2.36 bits per heavy atom. The van der Waals surface area contributed by atoms with Crippen LogP contribution >= 0.6 is 0 Å². The van der Waals surface area contributed by atoms with Crippen LogP contribution < -0.4 is 10.1 Å². The van der Waals surface area contributed by atoms with Gasteiger partial charge >= 0.3 is 0 Å². The highest BCUT2D eigenvalue weighted by Gasteiger charge is 2.37. The Morgan fingerprint density at radius 2 is 1.69 bits per heavy atom. The monoisotopic (exact) mass is 541 g/mol. The van der Waals surface area contributed by atoms with Crippen LogP contribution in [0.2, 0.25) is 18.1 Å². The molecule has 204 valence electrons.